The predicted molar refractivity (Wildman–Crippen MR) is 112 cm³/mol. The van der Waals surface area contributed by atoms with Crippen molar-refractivity contribution < 1.29 is 0 Å². The zero-order valence-corrected chi connectivity index (χ0v) is 16.8. The summed E-state index contributed by atoms with van der Waals surface area (Å²) < 4.78 is 2.03. The highest BCUT2D eigenvalue weighted by atomic mass is 79.9. The topological polar surface area (TPSA) is 38.7 Å². The summed E-state index contributed by atoms with van der Waals surface area (Å²) in [6.07, 6.45) is 1.77. The average Bonchev–Trinajstić information content (AvgIpc) is 2.69. The number of rotatable bonds is 3. The summed E-state index contributed by atoms with van der Waals surface area (Å²) in [4.78, 5) is 14.0. The van der Waals surface area contributed by atoms with Gasteiger partial charge in [-0.05, 0) is 42.5 Å². The number of nitrogens with zero attached hydrogens (tertiary/aromatic N) is 3. The molecule has 0 unspecified atom stereocenters. The van der Waals surface area contributed by atoms with E-state index in [1.54, 1.807) is 6.20 Å². The first-order valence-corrected chi connectivity index (χ1v) is 9.60. The smallest absolute Gasteiger partial charge is 0.160 e. The van der Waals surface area contributed by atoms with E-state index in [-0.39, 0.29) is 0 Å². The summed E-state index contributed by atoms with van der Waals surface area (Å²) in [6.45, 7) is 0. The Morgan fingerprint density at radius 1 is 0.577 bits per heavy atom. The molecule has 0 atom stereocenters. The van der Waals surface area contributed by atoms with Crippen LogP contribution in [0.2, 0.25) is 0 Å². The first-order chi connectivity index (χ1) is 12.7. The van der Waals surface area contributed by atoms with Crippen LogP contribution in [-0.4, -0.2) is 15.0 Å². The lowest BCUT2D eigenvalue weighted by molar-refractivity contribution is 1.16. The van der Waals surface area contributed by atoms with E-state index in [1.807, 2.05) is 72.8 Å². The van der Waals surface area contributed by atoms with Crippen molar-refractivity contribution >= 4 is 31.9 Å². The minimum atomic E-state index is 0.673. The van der Waals surface area contributed by atoms with Gasteiger partial charge in [-0.15, -0.1) is 0 Å². The van der Waals surface area contributed by atoms with Gasteiger partial charge in [0.2, 0.25) is 0 Å². The molecule has 2 heterocycles. The van der Waals surface area contributed by atoms with Gasteiger partial charge in [-0.2, -0.15) is 0 Å². The van der Waals surface area contributed by atoms with Crippen molar-refractivity contribution in [3.63, 3.8) is 0 Å². The summed E-state index contributed by atoms with van der Waals surface area (Å²) in [5.74, 6) is 0.673. The molecule has 4 aromatic rings. The predicted octanol–water partition coefficient (Wildman–Crippen LogP) is 6.40. The van der Waals surface area contributed by atoms with Crippen molar-refractivity contribution in [3.05, 3.63) is 87.9 Å². The fourth-order valence-corrected chi connectivity index (χ4v) is 3.28. The second kappa shape index (κ2) is 7.48. The lowest BCUT2D eigenvalue weighted by Gasteiger charge is -2.09. The van der Waals surface area contributed by atoms with Crippen molar-refractivity contribution in [1.29, 1.82) is 0 Å². The van der Waals surface area contributed by atoms with Crippen LogP contribution in [0.1, 0.15) is 0 Å². The van der Waals surface area contributed by atoms with Gasteiger partial charge < -0.3 is 0 Å². The van der Waals surface area contributed by atoms with Crippen molar-refractivity contribution in [2.75, 3.05) is 0 Å². The highest BCUT2D eigenvalue weighted by Crippen LogP contribution is 2.28. The Morgan fingerprint density at radius 2 is 1.38 bits per heavy atom. The second-order valence-corrected chi connectivity index (χ2v) is 7.53. The van der Waals surface area contributed by atoms with Gasteiger partial charge >= 0.3 is 0 Å². The van der Waals surface area contributed by atoms with E-state index in [1.165, 1.54) is 0 Å². The quantitative estimate of drug-likeness (QED) is 0.350. The second-order valence-electron chi connectivity index (χ2n) is 5.69. The zero-order valence-electron chi connectivity index (χ0n) is 13.6. The van der Waals surface area contributed by atoms with Gasteiger partial charge in [-0.3, -0.25) is 4.98 Å². The third-order valence-electron chi connectivity index (χ3n) is 3.88. The maximum atomic E-state index is 4.80. The Kier molecular flexibility index (Phi) is 4.91. The van der Waals surface area contributed by atoms with Crippen LogP contribution in [-0.2, 0) is 0 Å². The van der Waals surface area contributed by atoms with Crippen molar-refractivity contribution in [1.82, 2.24) is 15.0 Å². The zero-order chi connectivity index (χ0) is 17.9. The Bertz CT molecular complexity index is 1050. The van der Waals surface area contributed by atoms with Gasteiger partial charge in [0.15, 0.2) is 5.82 Å². The van der Waals surface area contributed by atoms with Gasteiger partial charge in [0, 0.05) is 26.3 Å². The molecule has 126 valence electrons. The van der Waals surface area contributed by atoms with Crippen LogP contribution in [0.15, 0.2) is 87.9 Å². The molecule has 0 spiro atoms. The van der Waals surface area contributed by atoms with Crippen molar-refractivity contribution in [3.8, 4) is 34.0 Å². The highest BCUT2D eigenvalue weighted by Gasteiger charge is 2.11. The molecule has 0 radical (unpaired) electrons. The number of halogens is 2. The largest absolute Gasteiger partial charge is 0.255 e. The lowest BCUT2D eigenvalue weighted by Crippen LogP contribution is -1.96. The average molecular weight is 467 g/mol. The standard InChI is InChI=1S/C21H13Br2N3/c22-16-9-7-14(8-10-16)19-13-20(18-6-1-2-11-24-18)26-21(25-19)15-4-3-5-17(23)12-15/h1-13H. The van der Waals surface area contributed by atoms with Crippen LogP contribution in [0.25, 0.3) is 34.0 Å². The molecular weight excluding hydrogens is 454 g/mol. The number of pyridine rings is 1. The maximum Gasteiger partial charge on any atom is 0.160 e. The van der Waals surface area contributed by atoms with Crippen LogP contribution in [0.5, 0.6) is 0 Å². The number of aromatic nitrogens is 3. The molecule has 0 saturated carbocycles. The summed E-state index contributed by atoms with van der Waals surface area (Å²) in [5.41, 5.74) is 4.47. The molecule has 4 rings (SSSR count). The monoisotopic (exact) mass is 465 g/mol. The SMILES string of the molecule is Brc1ccc(-c2cc(-c3ccccn3)nc(-c3cccc(Br)c3)n2)cc1. The maximum absolute atomic E-state index is 4.80. The molecule has 0 bridgehead atoms. The minimum absolute atomic E-state index is 0.673. The van der Waals surface area contributed by atoms with Gasteiger partial charge in [-0.25, -0.2) is 9.97 Å². The molecule has 0 amide bonds. The van der Waals surface area contributed by atoms with E-state index < -0.39 is 0 Å². The van der Waals surface area contributed by atoms with Crippen LogP contribution in [0, 0.1) is 0 Å². The van der Waals surface area contributed by atoms with E-state index in [4.69, 9.17) is 9.97 Å². The van der Waals surface area contributed by atoms with Gasteiger partial charge in [0.05, 0.1) is 17.1 Å². The fourth-order valence-electron chi connectivity index (χ4n) is 2.62. The molecular formula is C21H13Br2N3. The van der Waals surface area contributed by atoms with Crippen LogP contribution in [0.4, 0.5) is 0 Å². The highest BCUT2D eigenvalue weighted by molar-refractivity contribution is 9.10. The molecule has 0 aliphatic heterocycles. The van der Waals surface area contributed by atoms with Gasteiger partial charge in [0.1, 0.15) is 0 Å². The van der Waals surface area contributed by atoms with Crippen LogP contribution in [0.3, 0.4) is 0 Å². The molecule has 2 aromatic heterocycles. The molecule has 0 saturated heterocycles. The third kappa shape index (κ3) is 3.74. The molecule has 0 N–H and O–H groups in total. The number of hydrogen-bond donors (Lipinski definition) is 0. The Balaban J connectivity index is 1.91. The summed E-state index contributed by atoms with van der Waals surface area (Å²) in [6, 6.07) is 23.9. The van der Waals surface area contributed by atoms with Gasteiger partial charge in [-0.1, -0.05) is 62.2 Å². The summed E-state index contributed by atoms with van der Waals surface area (Å²) in [7, 11) is 0. The summed E-state index contributed by atoms with van der Waals surface area (Å²) >= 11 is 7.00. The van der Waals surface area contributed by atoms with E-state index in [9.17, 15) is 0 Å². The van der Waals surface area contributed by atoms with Crippen molar-refractivity contribution in [2.24, 2.45) is 0 Å². The van der Waals surface area contributed by atoms with Crippen molar-refractivity contribution in [2.45, 2.75) is 0 Å². The first-order valence-electron chi connectivity index (χ1n) is 8.01. The molecule has 0 aliphatic rings. The Hall–Kier alpha value is -2.37. The van der Waals surface area contributed by atoms with Crippen LogP contribution >= 0.6 is 31.9 Å². The summed E-state index contributed by atoms with van der Waals surface area (Å²) in [5, 5.41) is 0. The van der Waals surface area contributed by atoms with E-state index in [2.05, 4.69) is 36.8 Å². The van der Waals surface area contributed by atoms with Crippen LogP contribution < -0.4 is 0 Å². The Morgan fingerprint density at radius 3 is 2.12 bits per heavy atom. The molecule has 5 heteroatoms. The van der Waals surface area contributed by atoms with Gasteiger partial charge in [0.25, 0.3) is 0 Å². The Labute approximate surface area is 168 Å². The molecule has 26 heavy (non-hydrogen) atoms. The third-order valence-corrected chi connectivity index (χ3v) is 4.90. The van der Waals surface area contributed by atoms with E-state index in [0.29, 0.717) is 5.82 Å². The molecule has 3 nitrogen and oxygen atoms in total. The van der Waals surface area contributed by atoms with E-state index in [0.717, 1.165) is 37.2 Å². The fraction of sp³-hybridized carbons (Fsp3) is 0. The minimum Gasteiger partial charge on any atom is -0.255 e. The number of benzene rings is 2. The lowest BCUT2D eigenvalue weighted by atomic mass is 10.1. The molecule has 0 aliphatic carbocycles. The normalized spacial score (nSPS) is 10.7. The molecule has 0 fully saturated rings. The first kappa shape index (κ1) is 17.1. The number of hydrogen-bond acceptors (Lipinski definition) is 3. The molecule has 2 aromatic carbocycles. The van der Waals surface area contributed by atoms with E-state index >= 15 is 0 Å².